The predicted molar refractivity (Wildman–Crippen MR) is 104 cm³/mol. The van der Waals surface area contributed by atoms with Gasteiger partial charge in [-0.3, -0.25) is 0 Å². The maximum Gasteiger partial charge on any atom is 0.497 e. The lowest BCUT2D eigenvalue weighted by molar-refractivity contribution is 0.00578. The minimum atomic E-state index is -3.92. The molecule has 1 aliphatic heterocycles. The van der Waals surface area contributed by atoms with Crippen molar-refractivity contribution in [2.24, 2.45) is 0 Å². The van der Waals surface area contributed by atoms with Gasteiger partial charge in [-0.05, 0) is 45.9 Å². The van der Waals surface area contributed by atoms with E-state index in [0.29, 0.717) is 10.8 Å². The smallest absolute Gasteiger partial charge is 0.399 e. The van der Waals surface area contributed by atoms with Gasteiger partial charge in [0.2, 0.25) is 0 Å². The molecule has 1 fully saturated rings. The zero-order valence-electron chi connectivity index (χ0n) is 16.0. The molecule has 3 heterocycles. The molecule has 4 rings (SSSR count). The number of nitrogens with zero attached hydrogens (tertiary/aromatic N) is 2. The Labute approximate surface area is 163 Å². The van der Waals surface area contributed by atoms with Crippen LogP contribution in [0.5, 0.6) is 0 Å². The van der Waals surface area contributed by atoms with Crippen molar-refractivity contribution in [3.05, 3.63) is 54.6 Å². The van der Waals surface area contributed by atoms with E-state index in [4.69, 9.17) is 9.31 Å². The second-order valence-electron chi connectivity index (χ2n) is 7.81. The van der Waals surface area contributed by atoms with Crippen molar-refractivity contribution in [2.45, 2.75) is 43.8 Å². The fraction of sp³-hybridized carbons (Fsp3) is 0.316. The average Bonchev–Trinajstić information content (AvgIpc) is 3.10. The molecule has 1 saturated heterocycles. The quantitative estimate of drug-likeness (QED) is 0.631. The minimum Gasteiger partial charge on any atom is -0.399 e. The van der Waals surface area contributed by atoms with Gasteiger partial charge in [0.05, 0.1) is 22.3 Å². The van der Waals surface area contributed by atoms with Crippen molar-refractivity contribution >= 4 is 33.6 Å². The third kappa shape index (κ3) is 2.85. The van der Waals surface area contributed by atoms with E-state index in [1.807, 2.05) is 27.7 Å². The van der Waals surface area contributed by atoms with E-state index >= 15 is 0 Å². The molecule has 6 nitrogen and oxygen atoms in total. The summed E-state index contributed by atoms with van der Waals surface area (Å²) in [7, 11) is -4.77. The van der Waals surface area contributed by atoms with Gasteiger partial charge < -0.3 is 9.31 Å². The highest BCUT2D eigenvalue weighted by Gasteiger charge is 2.52. The Balaban J connectivity index is 1.92. The van der Waals surface area contributed by atoms with Gasteiger partial charge in [-0.1, -0.05) is 18.2 Å². The molecular weight excluding hydrogens is 382 g/mol. The molecule has 1 aliphatic rings. The van der Waals surface area contributed by atoms with Gasteiger partial charge in [-0.2, -0.15) is 0 Å². The first-order valence-electron chi connectivity index (χ1n) is 8.86. The molecule has 0 bridgehead atoms. The fourth-order valence-electron chi connectivity index (χ4n) is 3.12. The number of benzene rings is 1. The third-order valence-corrected chi connectivity index (χ3v) is 7.08. The molecule has 28 heavy (non-hydrogen) atoms. The van der Waals surface area contributed by atoms with Crippen LogP contribution < -0.4 is 5.46 Å². The normalized spacial score (nSPS) is 18.7. The molecule has 0 unspecified atom stereocenters. The van der Waals surface area contributed by atoms with E-state index in [1.165, 1.54) is 24.4 Å². The topological polar surface area (TPSA) is 70.4 Å². The summed E-state index contributed by atoms with van der Waals surface area (Å²) in [4.78, 5) is 4.14. The van der Waals surface area contributed by atoms with E-state index < -0.39 is 34.2 Å². The maximum atomic E-state index is 13.9. The van der Waals surface area contributed by atoms with Crippen LogP contribution in [0, 0.1) is 5.82 Å². The third-order valence-electron chi connectivity index (χ3n) is 5.42. The van der Waals surface area contributed by atoms with E-state index in [2.05, 4.69) is 4.98 Å². The van der Waals surface area contributed by atoms with Crippen LogP contribution in [-0.2, 0) is 19.3 Å². The zero-order chi connectivity index (χ0) is 20.3. The van der Waals surface area contributed by atoms with Crippen LogP contribution in [0.2, 0.25) is 0 Å². The SMILES string of the molecule is CC1(C)OB(c2cn(S(=O)(=O)c3ccccc3)c3ncc(F)cc23)OC1(C)C. The highest BCUT2D eigenvalue weighted by atomic mass is 32.2. The monoisotopic (exact) mass is 402 g/mol. The molecule has 0 aliphatic carbocycles. The van der Waals surface area contributed by atoms with Crippen LogP contribution in [-0.4, -0.2) is 35.7 Å². The highest BCUT2D eigenvalue weighted by molar-refractivity contribution is 7.90. The van der Waals surface area contributed by atoms with Crippen LogP contribution >= 0.6 is 0 Å². The number of rotatable bonds is 3. The lowest BCUT2D eigenvalue weighted by Gasteiger charge is -2.32. The lowest BCUT2D eigenvalue weighted by Crippen LogP contribution is -2.41. The van der Waals surface area contributed by atoms with Crippen molar-refractivity contribution in [3.63, 3.8) is 0 Å². The Hall–Kier alpha value is -2.23. The van der Waals surface area contributed by atoms with Crippen molar-refractivity contribution < 1.29 is 22.1 Å². The molecule has 0 spiro atoms. The average molecular weight is 402 g/mol. The predicted octanol–water partition coefficient (Wildman–Crippen LogP) is 2.71. The Morgan fingerprint density at radius 2 is 1.68 bits per heavy atom. The van der Waals surface area contributed by atoms with Gasteiger partial charge in [0.1, 0.15) is 5.82 Å². The number of pyridine rings is 1. The molecule has 146 valence electrons. The van der Waals surface area contributed by atoms with Gasteiger partial charge in [0.15, 0.2) is 5.65 Å². The number of halogens is 1. The standard InChI is InChI=1S/C19H20BFN2O4S/c1-18(2)19(3,4)27-20(26-18)16-12-23(17-15(16)10-13(21)11-22-17)28(24,25)14-8-6-5-7-9-14/h5-12H,1-4H3. The van der Waals surface area contributed by atoms with Gasteiger partial charge >= 0.3 is 7.12 Å². The number of aromatic nitrogens is 2. The molecule has 1 aromatic carbocycles. The van der Waals surface area contributed by atoms with E-state index in [9.17, 15) is 12.8 Å². The molecule has 0 radical (unpaired) electrons. The first-order valence-corrected chi connectivity index (χ1v) is 10.3. The lowest BCUT2D eigenvalue weighted by atomic mass is 9.79. The van der Waals surface area contributed by atoms with Crippen molar-refractivity contribution in [1.29, 1.82) is 0 Å². The summed E-state index contributed by atoms with van der Waals surface area (Å²) in [6, 6.07) is 9.26. The largest absolute Gasteiger partial charge is 0.497 e. The van der Waals surface area contributed by atoms with Crippen LogP contribution in [0.3, 0.4) is 0 Å². The fourth-order valence-corrected chi connectivity index (χ4v) is 4.48. The van der Waals surface area contributed by atoms with E-state index in [-0.39, 0.29) is 10.5 Å². The number of hydrogen-bond acceptors (Lipinski definition) is 5. The van der Waals surface area contributed by atoms with E-state index in [0.717, 1.165) is 10.2 Å². The second kappa shape index (κ2) is 6.14. The molecule has 0 atom stereocenters. The minimum absolute atomic E-state index is 0.110. The summed E-state index contributed by atoms with van der Waals surface area (Å²) in [6.45, 7) is 7.58. The number of hydrogen-bond donors (Lipinski definition) is 0. The Kier molecular flexibility index (Phi) is 4.19. The zero-order valence-corrected chi connectivity index (χ0v) is 16.8. The molecule has 3 aromatic rings. The van der Waals surface area contributed by atoms with Crippen LogP contribution in [0.25, 0.3) is 11.0 Å². The van der Waals surface area contributed by atoms with Gasteiger partial charge in [-0.15, -0.1) is 0 Å². The first-order chi connectivity index (χ1) is 13.0. The van der Waals surface area contributed by atoms with Gasteiger partial charge in [-0.25, -0.2) is 21.8 Å². The summed E-state index contributed by atoms with van der Waals surface area (Å²) >= 11 is 0. The summed E-state index contributed by atoms with van der Waals surface area (Å²) < 4.78 is 53.4. The van der Waals surface area contributed by atoms with Gasteiger partial charge in [0, 0.05) is 17.0 Å². The number of fused-ring (bicyclic) bond motifs is 1. The van der Waals surface area contributed by atoms with Crippen LogP contribution in [0.1, 0.15) is 27.7 Å². The molecule has 0 N–H and O–H groups in total. The summed E-state index contributed by atoms with van der Waals surface area (Å²) in [5.41, 5.74) is -0.703. The molecule has 0 saturated carbocycles. The van der Waals surface area contributed by atoms with Crippen LogP contribution in [0.4, 0.5) is 4.39 Å². The first kappa shape index (κ1) is 19.1. The van der Waals surface area contributed by atoms with Crippen molar-refractivity contribution in [3.8, 4) is 0 Å². The molecule has 9 heteroatoms. The highest BCUT2D eigenvalue weighted by Crippen LogP contribution is 2.37. The summed E-state index contributed by atoms with van der Waals surface area (Å²) in [6.07, 6.45) is 2.40. The Morgan fingerprint density at radius 1 is 1.07 bits per heavy atom. The van der Waals surface area contributed by atoms with Crippen molar-refractivity contribution in [2.75, 3.05) is 0 Å². The van der Waals surface area contributed by atoms with E-state index in [1.54, 1.807) is 18.2 Å². The van der Waals surface area contributed by atoms with Gasteiger partial charge in [0.25, 0.3) is 10.0 Å². The van der Waals surface area contributed by atoms with Crippen LogP contribution in [0.15, 0.2) is 53.7 Å². The molecule has 0 amide bonds. The maximum absolute atomic E-state index is 13.9. The summed E-state index contributed by atoms with van der Waals surface area (Å²) in [5.74, 6) is -0.569. The molecule has 2 aromatic heterocycles. The Morgan fingerprint density at radius 3 is 2.29 bits per heavy atom. The molecular formula is C19H20BFN2O4S. The second-order valence-corrected chi connectivity index (χ2v) is 9.63. The Bertz CT molecular complexity index is 1140. The van der Waals surface area contributed by atoms with Crippen molar-refractivity contribution in [1.82, 2.24) is 8.96 Å². The summed E-state index contributed by atoms with van der Waals surface area (Å²) in [5, 5.41) is 0.331.